The van der Waals surface area contributed by atoms with Gasteiger partial charge in [0.25, 0.3) is 0 Å². The summed E-state index contributed by atoms with van der Waals surface area (Å²) in [6, 6.07) is -0.720. The molecule has 0 aromatic carbocycles. The van der Waals surface area contributed by atoms with Crippen molar-refractivity contribution in [2.24, 2.45) is 0 Å². The predicted molar refractivity (Wildman–Crippen MR) is 268 cm³/mol. The van der Waals surface area contributed by atoms with Crippen LogP contribution in [0.25, 0.3) is 0 Å². The van der Waals surface area contributed by atoms with Gasteiger partial charge in [0.05, 0.1) is 40.3 Å². The van der Waals surface area contributed by atoms with Crippen molar-refractivity contribution in [3.05, 3.63) is 0 Å². The van der Waals surface area contributed by atoms with Gasteiger partial charge in [0.15, 0.2) is 6.10 Å². The van der Waals surface area contributed by atoms with E-state index in [9.17, 15) is 19.5 Å². The van der Waals surface area contributed by atoms with Crippen molar-refractivity contribution in [1.82, 2.24) is 0 Å². The number of nitrogens with zero attached hydrogens (tertiary/aromatic N) is 1. The fraction of sp³-hybridized carbons (Fsp3) is 0.946. The number of carboxylic acids is 1. The van der Waals surface area contributed by atoms with Crippen LogP contribution < -0.4 is 5.11 Å². The summed E-state index contributed by atoms with van der Waals surface area (Å²) in [5, 5.41) is 11.7. The van der Waals surface area contributed by atoms with E-state index in [0.717, 1.165) is 38.5 Å². The third kappa shape index (κ3) is 45.5. The van der Waals surface area contributed by atoms with Gasteiger partial charge in [-0.2, -0.15) is 0 Å². The molecule has 0 aromatic rings. The van der Waals surface area contributed by atoms with Gasteiger partial charge in [-0.25, -0.2) is 0 Å². The van der Waals surface area contributed by atoms with Crippen LogP contribution in [0.3, 0.4) is 0 Å². The summed E-state index contributed by atoms with van der Waals surface area (Å²) in [7, 11) is 5.44. The lowest BCUT2D eigenvalue weighted by atomic mass is 10.0. The van der Waals surface area contributed by atoms with Crippen molar-refractivity contribution in [2.45, 2.75) is 302 Å². The Morgan fingerprint density at radius 1 is 0.406 bits per heavy atom. The second-order valence-corrected chi connectivity index (χ2v) is 20.5. The molecular weight excluding hydrogens is 799 g/mol. The number of aliphatic carboxylic acids is 1. The van der Waals surface area contributed by atoms with Crippen molar-refractivity contribution < 1.29 is 38.2 Å². The normalized spacial score (nSPS) is 12.7. The molecule has 0 radical (unpaired) electrons. The van der Waals surface area contributed by atoms with Crippen LogP contribution in [-0.4, -0.2) is 75.5 Å². The zero-order valence-corrected chi connectivity index (χ0v) is 43.5. The molecule has 2 atom stereocenters. The highest BCUT2D eigenvalue weighted by Gasteiger charge is 2.25. The molecule has 0 bridgehead atoms. The molecule has 0 aromatic heterocycles. The molecule has 0 aliphatic heterocycles. The molecule has 0 rings (SSSR count). The van der Waals surface area contributed by atoms with Crippen LogP contribution in [0.2, 0.25) is 0 Å². The minimum absolute atomic E-state index is 0.0501. The largest absolute Gasteiger partial charge is 0.544 e. The van der Waals surface area contributed by atoms with Crippen LogP contribution in [0.1, 0.15) is 290 Å². The summed E-state index contributed by atoms with van der Waals surface area (Å²) in [5.41, 5.74) is 0. The van der Waals surface area contributed by atoms with Crippen molar-refractivity contribution in [2.75, 3.05) is 41.0 Å². The third-order valence-corrected chi connectivity index (χ3v) is 13.2. The molecule has 0 saturated carbocycles. The minimum Gasteiger partial charge on any atom is -0.544 e. The fourth-order valence-electron chi connectivity index (χ4n) is 8.90. The van der Waals surface area contributed by atoms with E-state index >= 15 is 0 Å². The van der Waals surface area contributed by atoms with Crippen molar-refractivity contribution in [3.8, 4) is 0 Å². The number of unbranched alkanes of at least 4 members (excludes halogenated alkanes) is 38. The number of ether oxygens (including phenoxy) is 3. The van der Waals surface area contributed by atoms with E-state index in [0.29, 0.717) is 12.8 Å². The van der Waals surface area contributed by atoms with Crippen LogP contribution in [0, 0.1) is 0 Å². The zero-order valence-electron chi connectivity index (χ0n) is 43.5. The van der Waals surface area contributed by atoms with Crippen molar-refractivity contribution in [3.63, 3.8) is 0 Å². The molecule has 0 aliphatic carbocycles. The Balaban J connectivity index is 4.13. The first-order chi connectivity index (χ1) is 31.1. The van der Waals surface area contributed by atoms with Crippen LogP contribution in [-0.2, 0) is 28.6 Å². The van der Waals surface area contributed by atoms with Gasteiger partial charge in [0.2, 0.25) is 0 Å². The Hall–Kier alpha value is -1.67. The van der Waals surface area contributed by atoms with Crippen LogP contribution in [0.5, 0.6) is 0 Å². The number of carbonyl (C=O) groups excluding carboxylic acids is 3. The first-order valence-corrected chi connectivity index (χ1v) is 28.1. The molecule has 0 saturated heterocycles. The lowest BCUT2D eigenvalue weighted by Gasteiger charge is -2.34. The Morgan fingerprint density at radius 2 is 0.688 bits per heavy atom. The quantitative estimate of drug-likeness (QED) is 0.0340. The molecule has 8 nitrogen and oxygen atoms in total. The Kier molecular flexibility index (Phi) is 46.6. The molecule has 0 N–H and O–H groups in total. The highest BCUT2D eigenvalue weighted by molar-refractivity contribution is 5.70. The lowest BCUT2D eigenvalue weighted by molar-refractivity contribution is -0.889. The Morgan fingerprint density at radius 3 is 0.969 bits per heavy atom. The number of rotatable bonds is 52. The molecule has 0 amide bonds. The molecule has 380 valence electrons. The van der Waals surface area contributed by atoms with E-state index in [1.54, 1.807) is 0 Å². The van der Waals surface area contributed by atoms with Gasteiger partial charge >= 0.3 is 11.9 Å². The second-order valence-electron chi connectivity index (χ2n) is 20.5. The van der Waals surface area contributed by atoms with Crippen LogP contribution in [0.15, 0.2) is 0 Å². The maximum atomic E-state index is 12.8. The first kappa shape index (κ1) is 62.3. The van der Waals surface area contributed by atoms with E-state index in [1.165, 1.54) is 218 Å². The molecule has 0 fully saturated rings. The van der Waals surface area contributed by atoms with Gasteiger partial charge in [-0.05, 0) is 12.8 Å². The van der Waals surface area contributed by atoms with Gasteiger partial charge in [-0.3, -0.25) is 9.59 Å². The maximum absolute atomic E-state index is 12.8. The van der Waals surface area contributed by atoms with Gasteiger partial charge in [0.1, 0.15) is 12.6 Å². The third-order valence-electron chi connectivity index (χ3n) is 13.2. The summed E-state index contributed by atoms with van der Waals surface area (Å²) in [4.78, 5) is 37.1. The standard InChI is InChI=1S/C56H109NO7/c1-6-8-10-12-14-16-18-20-22-24-26-28-30-32-34-36-38-40-42-44-46-54(58)63-51-52(50-62-49-48-53(56(60)61)57(3,4)5)64-55(59)47-45-43-41-39-37-35-33-31-29-27-25-23-21-19-17-15-13-11-9-7-2/h52-53H,6-51H2,1-5H3. The monoisotopic (exact) mass is 908 g/mol. The molecule has 0 spiro atoms. The Labute approximate surface area is 397 Å². The molecule has 0 aliphatic rings. The zero-order chi connectivity index (χ0) is 47.0. The molecule has 0 heterocycles. The van der Waals surface area contributed by atoms with Crippen molar-refractivity contribution in [1.29, 1.82) is 0 Å². The summed E-state index contributed by atoms with van der Waals surface area (Å²) < 4.78 is 17.3. The lowest BCUT2D eigenvalue weighted by Crippen LogP contribution is -2.55. The SMILES string of the molecule is CCCCCCCCCCCCCCCCCCCCCCC(=O)OCC(COCCC(C(=O)[O-])[N+](C)(C)C)OC(=O)CCCCCCCCCCCCCCCCCCCCCC. The highest BCUT2D eigenvalue weighted by atomic mass is 16.6. The number of hydrogen-bond donors (Lipinski definition) is 0. The van der Waals surface area contributed by atoms with E-state index < -0.39 is 18.1 Å². The predicted octanol–water partition coefficient (Wildman–Crippen LogP) is 15.1. The average Bonchev–Trinajstić information content (AvgIpc) is 3.26. The molecule has 2 unspecified atom stereocenters. The maximum Gasteiger partial charge on any atom is 0.306 e. The number of carboxylic acid groups (broad SMARTS) is 1. The summed E-state index contributed by atoms with van der Waals surface area (Å²) >= 11 is 0. The molecule has 8 heteroatoms. The van der Waals surface area contributed by atoms with E-state index in [1.807, 2.05) is 21.1 Å². The van der Waals surface area contributed by atoms with Gasteiger partial charge < -0.3 is 28.6 Å². The topological polar surface area (TPSA) is 102 Å². The second kappa shape index (κ2) is 47.8. The van der Waals surface area contributed by atoms with E-state index in [4.69, 9.17) is 14.2 Å². The number of likely N-dealkylation sites (N-methyl/N-ethyl adjacent to an activating group) is 1. The number of carbonyl (C=O) groups is 3. The molecular formula is C56H109NO7. The smallest absolute Gasteiger partial charge is 0.306 e. The minimum atomic E-state index is -1.12. The highest BCUT2D eigenvalue weighted by Crippen LogP contribution is 2.18. The van der Waals surface area contributed by atoms with Crippen LogP contribution >= 0.6 is 0 Å². The summed E-state index contributed by atoms with van der Waals surface area (Å²) in [5.74, 6) is -1.70. The van der Waals surface area contributed by atoms with Crippen molar-refractivity contribution >= 4 is 17.9 Å². The molecule has 64 heavy (non-hydrogen) atoms. The first-order valence-electron chi connectivity index (χ1n) is 28.1. The number of hydrogen-bond acceptors (Lipinski definition) is 7. The fourth-order valence-corrected chi connectivity index (χ4v) is 8.90. The average molecular weight is 908 g/mol. The van der Waals surface area contributed by atoms with Crippen LogP contribution in [0.4, 0.5) is 0 Å². The van der Waals surface area contributed by atoms with E-state index in [2.05, 4.69) is 13.8 Å². The Bertz CT molecular complexity index is 1010. The number of esters is 2. The van der Waals surface area contributed by atoms with Gasteiger partial charge in [-0.1, -0.05) is 258 Å². The summed E-state index contributed by atoms with van der Waals surface area (Å²) in [6.45, 7) is 4.74. The van der Waals surface area contributed by atoms with Gasteiger partial charge in [0, 0.05) is 19.3 Å². The van der Waals surface area contributed by atoms with E-state index in [-0.39, 0.29) is 42.7 Å². The number of quaternary nitrogens is 1. The van der Waals surface area contributed by atoms with Gasteiger partial charge in [-0.15, -0.1) is 0 Å². The summed E-state index contributed by atoms with van der Waals surface area (Å²) in [6.07, 6.45) is 52.8.